The molecule has 1 heterocycles. The van der Waals surface area contributed by atoms with Crippen molar-refractivity contribution >= 4 is 23.6 Å². The summed E-state index contributed by atoms with van der Waals surface area (Å²) in [5.74, 6) is -1.00. The van der Waals surface area contributed by atoms with E-state index in [0.717, 1.165) is 0 Å². The first kappa shape index (κ1) is 21.4. The van der Waals surface area contributed by atoms with Crippen LogP contribution in [0.1, 0.15) is 39.4 Å². The molecule has 1 aliphatic rings. The van der Waals surface area contributed by atoms with Crippen LogP contribution >= 0.6 is 11.6 Å². The molecule has 6 nitrogen and oxygen atoms in total. The average Bonchev–Trinajstić information content (AvgIpc) is 2.76. The van der Waals surface area contributed by atoms with Crippen LogP contribution in [0.2, 0.25) is 5.02 Å². The highest BCUT2D eigenvalue weighted by atomic mass is 35.5. The highest BCUT2D eigenvalue weighted by Crippen LogP contribution is 2.31. The molecular weight excluding hydrogens is 375 g/mol. The Morgan fingerprint density at radius 1 is 1.41 bits per heavy atom. The van der Waals surface area contributed by atoms with Crippen LogP contribution < -0.4 is 5.32 Å². The van der Waals surface area contributed by atoms with Gasteiger partial charge in [-0.15, -0.1) is 0 Å². The van der Waals surface area contributed by atoms with Gasteiger partial charge in [-0.3, -0.25) is 4.79 Å². The second kappa shape index (κ2) is 8.89. The summed E-state index contributed by atoms with van der Waals surface area (Å²) in [5.41, 5.74) is -0.00547. The number of hydrogen-bond acceptors (Lipinski definition) is 4. The van der Waals surface area contributed by atoms with E-state index >= 15 is 0 Å². The molecule has 0 aliphatic carbocycles. The average molecular weight is 401 g/mol. The van der Waals surface area contributed by atoms with Crippen molar-refractivity contribution in [1.82, 2.24) is 10.2 Å². The van der Waals surface area contributed by atoms with Crippen LogP contribution in [0.3, 0.4) is 0 Å². The van der Waals surface area contributed by atoms with E-state index in [1.54, 1.807) is 31.7 Å². The summed E-state index contributed by atoms with van der Waals surface area (Å²) in [6, 6.07) is 4.50. The van der Waals surface area contributed by atoms with Crippen molar-refractivity contribution in [3.8, 4) is 0 Å². The number of carbonyl (C=O) groups is 2. The Hall–Kier alpha value is -1.86. The smallest absolute Gasteiger partial charge is 0.410 e. The first-order chi connectivity index (χ1) is 12.6. The monoisotopic (exact) mass is 400 g/mol. The Kier molecular flexibility index (Phi) is 7.06. The van der Waals surface area contributed by atoms with Crippen LogP contribution in [-0.4, -0.2) is 48.7 Å². The fourth-order valence-corrected chi connectivity index (χ4v) is 3.01. The molecule has 2 amide bonds. The maximum Gasteiger partial charge on any atom is 0.410 e. The highest BCUT2D eigenvalue weighted by Gasteiger charge is 2.33. The van der Waals surface area contributed by atoms with Gasteiger partial charge < -0.3 is 19.7 Å². The van der Waals surface area contributed by atoms with Gasteiger partial charge in [-0.25, -0.2) is 9.18 Å². The number of hydrogen-bond donors (Lipinski definition) is 1. The molecule has 2 atom stereocenters. The van der Waals surface area contributed by atoms with Crippen LogP contribution in [0.5, 0.6) is 0 Å². The molecule has 1 saturated heterocycles. The van der Waals surface area contributed by atoms with Crippen LogP contribution in [-0.2, 0) is 14.3 Å². The zero-order chi connectivity index (χ0) is 20.2. The van der Waals surface area contributed by atoms with Gasteiger partial charge in [0.05, 0.1) is 17.7 Å². The van der Waals surface area contributed by atoms with Gasteiger partial charge >= 0.3 is 6.09 Å². The largest absolute Gasteiger partial charge is 0.444 e. The van der Waals surface area contributed by atoms with Crippen LogP contribution in [0.25, 0.3) is 0 Å². The fraction of sp³-hybridized carbons (Fsp3) is 0.579. The Bertz CT molecular complexity index is 693. The van der Waals surface area contributed by atoms with E-state index in [1.165, 1.54) is 19.1 Å². The predicted molar refractivity (Wildman–Crippen MR) is 100 cm³/mol. The zero-order valence-corrected chi connectivity index (χ0v) is 16.8. The summed E-state index contributed by atoms with van der Waals surface area (Å²) < 4.78 is 25.3. The molecular formula is C19H26ClFN2O4. The lowest BCUT2D eigenvalue weighted by Gasteiger charge is -2.30. The second-order valence-corrected chi connectivity index (χ2v) is 8.00. The molecule has 0 spiro atoms. The van der Waals surface area contributed by atoms with Gasteiger partial charge in [0, 0.05) is 32.5 Å². The van der Waals surface area contributed by atoms with Gasteiger partial charge in [0.1, 0.15) is 11.4 Å². The van der Waals surface area contributed by atoms with Crippen molar-refractivity contribution in [2.75, 3.05) is 26.2 Å². The highest BCUT2D eigenvalue weighted by molar-refractivity contribution is 6.30. The molecule has 27 heavy (non-hydrogen) atoms. The molecule has 1 aliphatic heterocycles. The molecule has 1 aromatic rings. The fourth-order valence-electron chi connectivity index (χ4n) is 2.89. The number of benzene rings is 1. The molecule has 0 bridgehead atoms. The molecule has 0 aromatic heterocycles. The predicted octanol–water partition coefficient (Wildman–Crippen LogP) is 3.54. The van der Waals surface area contributed by atoms with E-state index in [2.05, 4.69) is 5.32 Å². The molecule has 0 saturated carbocycles. The number of rotatable bonds is 3. The van der Waals surface area contributed by atoms with Gasteiger partial charge in [-0.05, 0) is 38.5 Å². The van der Waals surface area contributed by atoms with Crippen molar-refractivity contribution < 1.29 is 23.5 Å². The van der Waals surface area contributed by atoms with Crippen LogP contribution in [0.4, 0.5) is 9.18 Å². The summed E-state index contributed by atoms with van der Waals surface area (Å²) >= 11 is 5.77. The van der Waals surface area contributed by atoms with E-state index in [9.17, 15) is 14.0 Å². The van der Waals surface area contributed by atoms with Gasteiger partial charge in [-0.2, -0.15) is 0 Å². The molecule has 1 aromatic carbocycles. The van der Waals surface area contributed by atoms with Gasteiger partial charge in [0.2, 0.25) is 5.91 Å². The topological polar surface area (TPSA) is 67.9 Å². The third kappa shape index (κ3) is 6.36. The lowest BCUT2D eigenvalue weighted by atomic mass is 9.95. The maximum atomic E-state index is 13.9. The number of nitrogens with one attached hydrogen (secondary N) is 1. The summed E-state index contributed by atoms with van der Waals surface area (Å²) in [6.07, 6.45) is -0.932. The van der Waals surface area contributed by atoms with Crippen molar-refractivity contribution in [1.29, 1.82) is 0 Å². The summed E-state index contributed by atoms with van der Waals surface area (Å²) in [6.45, 7) is 8.02. The number of nitrogens with zero attached hydrogens (tertiary/aromatic N) is 1. The normalized spacial score (nSPS) is 20.7. The Labute approximate surface area is 163 Å². The second-order valence-electron chi connectivity index (χ2n) is 7.59. The summed E-state index contributed by atoms with van der Waals surface area (Å²) in [7, 11) is 0. The van der Waals surface area contributed by atoms with Gasteiger partial charge in [0.25, 0.3) is 0 Å². The summed E-state index contributed by atoms with van der Waals surface area (Å²) in [5, 5.41) is 2.79. The number of amides is 2. The van der Waals surface area contributed by atoms with Gasteiger partial charge in [-0.1, -0.05) is 17.7 Å². The van der Waals surface area contributed by atoms with Crippen molar-refractivity contribution in [3.63, 3.8) is 0 Å². The van der Waals surface area contributed by atoms with Crippen LogP contribution in [0, 0.1) is 11.7 Å². The standard InChI is InChI=1S/C19H26ClFN2O4/c1-12(24)22-10-14-11-23(18(25)27-19(2,3)4)7-8-26-17(14)13-5-6-15(20)16(21)9-13/h5-6,9,14,17H,7-8,10-11H2,1-4H3,(H,22,24)/t14-,17+/m1/s1. The maximum absolute atomic E-state index is 13.9. The molecule has 1 fully saturated rings. The minimum atomic E-state index is -0.615. The molecule has 150 valence electrons. The third-order valence-electron chi connectivity index (χ3n) is 4.08. The molecule has 0 unspecified atom stereocenters. The lowest BCUT2D eigenvalue weighted by molar-refractivity contribution is -0.119. The van der Waals surface area contributed by atoms with Crippen molar-refractivity contribution in [2.45, 2.75) is 39.4 Å². The molecule has 1 N–H and O–H groups in total. The van der Waals surface area contributed by atoms with Crippen molar-refractivity contribution in [3.05, 3.63) is 34.6 Å². The molecule has 2 rings (SSSR count). The molecule has 0 radical (unpaired) electrons. The minimum absolute atomic E-state index is 0.0289. The van der Waals surface area contributed by atoms with Crippen LogP contribution in [0.15, 0.2) is 18.2 Å². The molecule has 8 heteroatoms. The first-order valence-corrected chi connectivity index (χ1v) is 9.23. The van der Waals surface area contributed by atoms with Crippen molar-refractivity contribution in [2.24, 2.45) is 5.92 Å². The van der Waals surface area contributed by atoms with E-state index in [0.29, 0.717) is 18.7 Å². The SMILES string of the molecule is CC(=O)NC[C@@H]1CN(C(=O)OC(C)(C)C)CCO[C@H]1c1ccc(Cl)c(F)c1. The van der Waals surface area contributed by atoms with Gasteiger partial charge in [0.15, 0.2) is 0 Å². The summed E-state index contributed by atoms with van der Waals surface area (Å²) in [4.78, 5) is 25.4. The van der Waals surface area contributed by atoms with E-state index < -0.39 is 23.6 Å². The first-order valence-electron chi connectivity index (χ1n) is 8.85. The van der Waals surface area contributed by atoms with E-state index in [4.69, 9.17) is 21.1 Å². The third-order valence-corrected chi connectivity index (χ3v) is 4.39. The quantitative estimate of drug-likeness (QED) is 0.842. The Morgan fingerprint density at radius 3 is 2.70 bits per heavy atom. The number of halogens is 2. The van der Waals surface area contributed by atoms with E-state index in [-0.39, 0.29) is 30.0 Å². The van der Waals surface area contributed by atoms with E-state index in [1.807, 2.05) is 0 Å². The zero-order valence-electron chi connectivity index (χ0n) is 16.1. The number of ether oxygens (including phenoxy) is 2. The lowest BCUT2D eigenvalue weighted by Crippen LogP contribution is -2.42. The minimum Gasteiger partial charge on any atom is -0.444 e. The number of carbonyl (C=O) groups excluding carboxylic acids is 2. The Morgan fingerprint density at radius 2 is 2.11 bits per heavy atom. The Balaban J connectivity index is 2.24.